The molecule has 2 rings (SSSR count). The molecule has 0 bridgehead atoms. The lowest BCUT2D eigenvalue weighted by Gasteiger charge is -2.12. The highest BCUT2D eigenvalue weighted by Crippen LogP contribution is 2.12. The van der Waals surface area contributed by atoms with E-state index >= 15 is 0 Å². The van der Waals surface area contributed by atoms with Crippen LogP contribution in [0.3, 0.4) is 0 Å². The van der Waals surface area contributed by atoms with Crippen molar-refractivity contribution >= 4 is 17.5 Å². The quantitative estimate of drug-likeness (QED) is 0.699. The molecule has 1 heterocycles. The van der Waals surface area contributed by atoms with Gasteiger partial charge in [0.1, 0.15) is 0 Å². The summed E-state index contributed by atoms with van der Waals surface area (Å²) in [5, 5.41) is 4.91. The smallest absolute Gasteiger partial charge is 0.275 e. The first-order chi connectivity index (χ1) is 10.0. The first-order valence-electron chi connectivity index (χ1n) is 6.90. The summed E-state index contributed by atoms with van der Waals surface area (Å²) in [5.41, 5.74) is 0.151. The van der Waals surface area contributed by atoms with Gasteiger partial charge in [-0.2, -0.15) is 0 Å². The molecule has 0 unspecified atom stereocenters. The molecule has 0 spiro atoms. The molecule has 114 valence electrons. The minimum atomic E-state index is -1.03. The van der Waals surface area contributed by atoms with Crippen molar-refractivity contribution in [1.29, 1.82) is 0 Å². The molecular formula is C14H18F2N3O2+. The van der Waals surface area contributed by atoms with E-state index in [9.17, 15) is 18.4 Å². The maximum atomic E-state index is 13.0. The van der Waals surface area contributed by atoms with E-state index in [2.05, 4.69) is 10.6 Å². The highest BCUT2D eigenvalue weighted by atomic mass is 19.2. The van der Waals surface area contributed by atoms with E-state index in [1.807, 2.05) is 0 Å². The zero-order valence-electron chi connectivity index (χ0n) is 11.5. The summed E-state index contributed by atoms with van der Waals surface area (Å²) in [7, 11) is 0. The van der Waals surface area contributed by atoms with E-state index in [0.29, 0.717) is 6.54 Å². The van der Waals surface area contributed by atoms with Crippen LogP contribution in [0.2, 0.25) is 0 Å². The van der Waals surface area contributed by atoms with Crippen molar-refractivity contribution in [3.63, 3.8) is 0 Å². The van der Waals surface area contributed by atoms with Gasteiger partial charge in [0.05, 0.1) is 19.6 Å². The van der Waals surface area contributed by atoms with Gasteiger partial charge in [0.2, 0.25) is 5.91 Å². The predicted octanol–water partition coefficient (Wildman–Crippen LogP) is -0.302. The Morgan fingerprint density at radius 3 is 2.48 bits per heavy atom. The number of likely N-dealkylation sites (tertiary alicyclic amines) is 1. The van der Waals surface area contributed by atoms with Crippen molar-refractivity contribution in [1.82, 2.24) is 5.32 Å². The Morgan fingerprint density at radius 1 is 1.10 bits per heavy atom. The van der Waals surface area contributed by atoms with Gasteiger partial charge in [0.25, 0.3) is 5.91 Å². The second-order valence-electron chi connectivity index (χ2n) is 5.09. The van der Waals surface area contributed by atoms with Crippen molar-refractivity contribution in [2.75, 3.05) is 31.5 Å². The summed E-state index contributed by atoms with van der Waals surface area (Å²) >= 11 is 0. The Bertz CT molecular complexity index is 531. The lowest BCUT2D eigenvalue weighted by molar-refractivity contribution is -0.879. The maximum absolute atomic E-state index is 13.0. The molecule has 0 aromatic heterocycles. The van der Waals surface area contributed by atoms with Gasteiger partial charge < -0.3 is 15.5 Å². The fourth-order valence-corrected chi connectivity index (χ4v) is 2.30. The normalized spacial score (nSPS) is 15.0. The second-order valence-corrected chi connectivity index (χ2v) is 5.09. The van der Waals surface area contributed by atoms with Crippen molar-refractivity contribution < 1.29 is 23.3 Å². The molecule has 0 radical (unpaired) electrons. The molecule has 0 saturated carbocycles. The predicted molar refractivity (Wildman–Crippen MR) is 72.8 cm³/mol. The van der Waals surface area contributed by atoms with Crippen molar-refractivity contribution in [3.05, 3.63) is 29.8 Å². The molecule has 0 atom stereocenters. The largest absolute Gasteiger partial charge is 0.342 e. The zero-order valence-corrected chi connectivity index (χ0v) is 11.5. The van der Waals surface area contributed by atoms with Gasteiger partial charge in [-0.1, -0.05) is 0 Å². The number of quaternary nitrogens is 1. The Morgan fingerprint density at radius 2 is 1.81 bits per heavy atom. The van der Waals surface area contributed by atoms with Crippen LogP contribution in [0.4, 0.5) is 14.5 Å². The second kappa shape index (κ2) is 7.12. The minimum absolute atomic E-state index is 0.151. The first kappa shape index (κ1) is 15.4. The molecule has 7 heteroatoms. The van der Waals surface area contributed by atoms with Crippen LogP contribution in [0.5, 0.6) is 0 Å². The molecule has 1 aromatic carbocycles. The standard InChI is InChI=1S/C14H17F2N3O2/c15-11-4-3-10(7-12(11)16)18-13(20)8-17-14(21)9-19-5-1-2-6-19/h3-4,7H,1-2,5-6,8-9H2,(H,17,21)(H,18,20)/p+1. The van der Waals surface area contributed by atoms with E-state index in [0.717, 1.165) is 38.1 Å². The van der Waals surface area contributed by atoms with Crippen LogP contribution in [0.15, 0.2) is 18.2 Å². The van der Waals surface area contributed by atoms with E-state index in [-0.39, 0.29) is 18.1 Å². The summed E-state index contributed by atoms with van der Waals surface area (Å²) in [5.74, 6) is -2.68. The first-order valence-corrected chi connectivity index (χ1v) is 6.90. The number of carbonyl (C=O) groups excluding carboxylic acids is 2. The summed E-state index contributed by atoms with van der Waals surface area (Å²) in [4.78, 5) is 24.5. The van der Waals surface area contributed by atoms with Crippen LogP contribution < -0.4 is 15.5 Å². The molecule has 1 aromatic rings. The van der Waals surface area contributed by atoms with Crippen LogP contribution in [0, 0.1) is 11.6 Å². The molecule has 1 fully saturated rings. The number of hydrogen-bond donors (Lipinski definition) is 3. The third kappa shape index (κ3) is 4.78. The number of rotatable bonds is 5. The highest BCUT2D eigenvalue weighted by Gasteiger charge is 2.19. The zero-order chi connectivity index (χ0) is 15.2. The van der Waals surface area contributed by atoms with Crippen LogP contribution in [-0.2, 0) is 9.59 Å². The lowest BCUT2D eigenvalue weighted by Crippen LogP contribution is -3.11. The fraction of sp³-hybridized carbons (Fsp3) is 0.429. The molecule has 21 heavy (non-hydrogen) atoms. The minimum Gasteiger partial charge on any atom is -0.342 e. The maximum Gasteiger partial charge on any atom is 0.275 e. The lowest BCUT2D eigenvalue weighted by atomic mass is 10.3. The molecule has 3 N–H and O–H groups in total. The number of benzene rings is 1. The van der Waals surface area contributed by atoms with Gasteiger partial charge in [0, 0.05) is 24.6 Å². The summed E-state index contributed by atoms with van der Waals surface area (Å²) in [6, 6.07) is 3.08. The van der Waals surface area contributed by atoms with Gasteiger partial charge >= 0.3 is 0 Å². The molecule has 2 amide bonds. The van der Waals surface area contributed by atoms with Gasteiger partial charge in [-0.3, -0.25) is 9.59 Å². The van der Waals surface area contributed by atoms with Crippen molar-refractivity contribution in [2.24, 2.45) is 0 Å². The fourth-order valence-electron chi connectivity index (χ4n) is 2.30. The number of anilines is 1. The molecule has 0 aliphatic carbocycles. The van der Waals surface area contributed by atoms with Gasteiger partial charge in [-0.15, -0.1) is 0 Å². The Balaban J connectivity index is 1.73. The molecule has 1 aliphatic heterocycles. The Kier molecular flexibility index (Phi) is 5.21. The Hall–Kier alpha value is -2.02. The van der Waals surface area contributed by atoms with Crippen molar-refractivity contribution in [3.8, 4) is 0 Å². The van der Waals surface area contributed by atoms with Gasteiger partial charge in [0.15, 0.2) is 18.2 Å². The number of amides is 2. The van der Waals surface area contributed by atoms with E-state index in [1.54, 1.807) is 0 Å². The number of hydrogen-bond acceptors (Lipinski definition) is 2. The summed E-state index contributed by atoms with van der Waals surface area (Å²) < 4.78 is 25.7. The van der Waals surface area contributed by atoms with Gasteiger partial charge in [-0.05, 0) is 12.1 Å². The SMILES string of the molecule is O=C(C[NH+]1CCCC1)NCC(=O)Nc1ccc(F)c(F)c1. The summed E-state index contributed by atoms with van der Waals surface area (Å²) in [6.07, 6.45) is 2.25. The van der Waals surface area contributed by atoms with Gasteiger partial charge in [-0.25, -0.2) is 8.78 Å². The molecule has 5 nitrogen and oxygen atoms in total. The van der Waals surface area contributed by atoms with Crippen molar-refractivity contribution in [2.45, 2.75) is 12.8 Å². The average molecular weight is 298 g/mol. The number of halogens is 2. The average Bonchev–Trinajstić information content (AvgIpc) is 2.93. The highest BCUT2D eigenvalue weighted by molar-refractivity contribution is 5.94. The number of nitrogens with one attached hydrogen (secondary N) is 3. The van der Waals surface area contributed by atoms with Crippen LogP contribution in [0.25, 0.3) is 0 Å². The molecular weight excluding hydrogens is 280 g/mol. The third-order valence-corrected chi connectivity index (χ3v) is 3.37. The topological polar surface area (TPSA) is 62.6 Å². The monoisotopic (exact) mass is 298 g/mol. The van der Waals surface area contributed by atoms with Crippen LogP contribution in [0.1, 0.15) is 12.8 Å². The van der Waals surface area contributed by atoms with Crippen LogP contribution in [-0.4, -0.2) is 38.0 Å². The third-order valence-electron chi connectivity index (χ3n) is 3.37. The Labute approximate surface area is 121 Å². The van der Waals surface area contributed by atoms with E-state index in [4.69, 9.17) is 0 Å². The summed E-state index contributed by atoms with van der Waals surface area (Å²) in [6.45, 7) is 2.13. The number of carbonyl (C=O) groups is 2. The van der Waals surface area contributed by atoms with E-state index in [1.165, 1.54) is 11.0 Å². The van der Waals surface area contributed by atoms with Crippen LogP contribution >= 0.6 is 0 Å². The molecule has 1 saturated heterocycles. The molecule has 1 aliphatic rings. The van der Waals surface area contributed by atoms with E-state index < -0.39 is 17.5 Å².